The van der Waals surface area contributed by atoms with Gasteiger partial charge in [0.25, 0.3) is 10.2 Å². The Morgan fingerprint density at radius 3 is 2.65 bits per heavy atom. The molecule has 3 heterocycles. The quantitative estimate of drug-likeness (QED) is 0.895. The molecule has 0 radical (unpaired) electrons. The zero-order valence-electron chi connectivity index (χ0n) is 13.1. The van der Waals surface area contributed by atoms with Crippen LogP contribution in [-0.2, 0) is 16.8 Å². The maximum atomic E-state index is 12.3. The number of nitrogens with zero attached hydrogens (tertiary/aromatic N) is 4. The molecule has 0 amide bonds. The van der Waals surface area contributed by atoms with E-state index < -0.39 is 10.2 Å². The molecule has 2 aromatic heterocycles. The second-order valence-corrected chi connectivity index (χ2v) is 7.41. The van der Waals surface area contributed by atoms with E-state index in [-0.39, 0.29) is 6.54 Å². The van der Waals surface area contributed by atoms with Crippen LogP contribution in [-0.4, -0.2) is 40.3 Å². The molecular weight excluding hydrogens is 314 g/mol. The first-order chi connectivity index (χ1) is 11.1. The van der Waals surface area contributed by atoms with Crippen LogP contribution >= 0.6 is 0 Å². The van der Waals surface area contributed by atoms with Gasteiger partial charge in [0.15, 0.2) is 0 Å². The molecule has 0 atom stereocenters. The van der Waals surface area contributed by atoms with Crippen LogP contribution in [0.2, 0.25) is 0 Å². The molecule has 0 unspecified atom stereocenters. The molecule has 0 saturated carbocycles. The number of imidazole rings is 1. The van der Waals surface area contributed by atoms with E-state index in [1.165, 1.54) is 4.31 Å². The van der Waals surface area contributed by atoms with Gasteiger partial charge in [-0.2, -0.15) is 17.4 Å². The molecule has 3 rings (SSSR count). The van der Waals surface area contributed by atoms with Crippen LogP contribution in [0.25, 0.3) is 5.82 Å². The van der Waals surface area contributed by atoms with E-state index in [4.69, 9.17) is 0 Å². The highest BCUT2D eigenvalue weighted by atomic mass is 32.2. The third-order valence-corrected chi connectivity index (χ3v) is 5.55. The SMILES string of the molecule is Cc1nccn1-c1cc(CNS(=O)(=O)N2CCCCC2)ccn1. The minimum atomic E-state index is -3.41. The van der Waals surface area contributed by atoms with E-state index in [0.29, 0.717) is 13.1 Å². The minimum Gasteiger partial charge on any atom is -0.288 e. The highest BCUT2D eigenvalue weighted by molar-refractivity contribution is 7.87. The molecule has 8 heteroatoms. The van der Waals surface area contributed by atoms with Crippen molar-refractivity contribution in [2.45, 2.75) is 32.7 Å². The van der Waals surface area contributed by atoms with Crippen molar-refractivity contribution in [3.63, 3.8) is 0 Å². The molecule has 0 aliphatic carbocycles. The van der Waals surface area contributed by atoms with E-state index >= 15 is 0 Å². The van der Waals surface area contributed by atoms with E-state index in [2.05, 4.69) is 14.7 Å². The van der Waals surface area contributed by atoms with Gasteiger partial charge in [0.1, 0.15) is 11.6 Å². The normalized spacial score (nSPS) is 16.6. The molecule has 1 saturated heterocycles. The Morgan fingerprint density at radius 2 is 1.96 bits per heavy atom. The maximum absolute atomic E-state index is 12.3. The number of aromatic nitrogens is 3. The molecule has 0 aromatic carbocycles. The fraction of sp³-hybridized carbons (Fsp3) is 0.467. The Morgan fingerprint density at radius 1 is 1.17 bits per heavy atom. The molecule has 0 spiro atoms. The lowest BCUT2D eigenvalue weighted by Crippen LogP contribution is -2.43. The van der Waals surface area contributed by atoms with Crippen LogP contribution in [0.4, 0.5) is 0 Å². The molecule has 1 aliphatic rings. The van der Waals surface area contributed by atoms with Crippen molar-refractivity contribution in [3.05, 3.63) is 42.1 Å². The van der Waals surface area contributed by atoms with Gasteiger partial charge in [-0.15, -0.1) is 0 Å². The summed E-state index contributed by atoms with van der Waals surface area (Å²) in [6.45, 7) is 3.35. The van der Waals surface area contributed by atoms with Crippen LogP contribution in [0, 0.1) is 6.92 Å². The molecule has 7 nitrogen and oxygen atoms in total. The van der Waals surface area contributed by atoms with Gasteiger partial charge < -0.3 is 0 Å². The van der Waals surface area contributed by atoms with Gasteiger partial charge in [0.05, 0.1) is 0 Å². The lowest BCUT2D eigenvalue weighted by molar-refractivity contribution is 0.341. The van der Waals surface area contributed by atoms with Crippen LogP contribution in [0.5, 0.6) is 0 Å². The number of nitrogens with one attached hydrogen (secondary N) is 1. The van der Waals surface area contributed by atoms with Crippen molar-refractivity contribution in [2.24, 2.45) is 0 Å². The Kier molecular flexibility index (Phi) is 4.74. The van der Waals surface area contributed by atoms with Gasteiger partial charge in [-0.1, -0.05) is 6.42 Å². The Balaban J connectivity index is 1.70. The van der Waals surface area contributed by atoms with E-state index in [1.807, 2.05) is 29.8 Å². The van der Waals surface area contributed by atoms with Crippen molar-refractivity contribution in [2.75, 3.05) is 13.1 Å². The summed E-state index contributed by atoms with van der Waals surface area (Å²) < 4.78 is 30.7. The predicted octanol–water partition coefficient (Wildman–Crippen LogP) is 1.40. The van der Waals surface area contributed by atoms with Gasteiger partial charge >= 0.3 is 0 Å². The number of pyridine rings is 1. The molecule has 124 valence electrons. The Bertz CT molecular complexity index is 766. The van der Waals surface area contributed by atoms with Crippen LogP contribution in [0.1, 0.15) is 30.7 Å². The summed E-state index contributed by atoms with van der Waals surface area (Å²) in [5.74, 6) is 1.57. The number of piperidine rings is 1. The van der Waals surface area contributed by atoms with Gasteiger partial charge in [0, 0.05) is 38.2 Å². The summed E-state index contributed by atoms with van der Waals surface area (Å²) in [7, 11) is -3.41. The van der Waals surface area contributed by atoms with Gasteiger partial charge in [0.2, 0.25) is 0 Å². The highest BCUT2D eigenvalue weighted by Crippen LogP contribution is 2.13. The van der Waals surface area contributed by atoms with E-state index in [0.717, 1.165) is 36.5 Å². The predicted molar refractivity (Wildman–Crippen MR) is 87.3 cm³/mol. The summed E-state index contributed by atoms with van der Waals surface area (Å²) in [6, 6.07) is 3.68. The molecule has 1 N–H and O–H groups in total. The molecule has 1 aliphatic heterocycles. The first-order valence-corrected chi connectivity index (χ1v) is 9.20. The van der Waals surface area contributed by atoms with Crippen molar-refractivity contribution in [1.29, 1.82) is 0 Å². The molecule has 1 fully saturated rings. The summed E-state index contributed by atoms with van der Waals surface area (Å²) in [5.41, 5.74) is 0.865. The first kappa shape index (κ1) is 16.1. The summed E-state index contributed by atoms with van der Waals surface area (Å²) in [6.07, 6.45) is 8.19. The fourth-order valence-electron chi connectivity index (χ4n) is 2.69. The summed E-state index contributed by atoms with van der Waals surface area (Å²) in [4.78, 5) is 8.49. The molecule has 23 heavy (non-hydrogen) atoms. The topological polar surface area (TPSA) is 80.1 Å². The van der Waals surface area contributed by atoms with E-state index in [9.17, 15) is 8.42 Å². The number of hydrogen-bond acceptors (Lipinski definition) is 4. The average Bonchev–Trinajstić information content (AvgIpc) is 3.00. The van der Waals surface area contributed by atoms with Crippen LogP contribution in [0.3, 0.4) is 0 Å². The molecular formula is C15H21N5O2S. The Hall–Kier alpha value is -1.77. The van der Waals surface area contributed by atoms with Crippen molar-refractivity contribution < 1.29 is 8.42 Å². The van der Waals surface area contributed by atoms with Gasteiger partial charge in [-0.05, 0) is 37.5 Å². The second-order valence-electron chi connectivity index (χ2n) is 5.65. The number of aryl methyl sites for hydroxylation is 1. The van der Waals surface area contributed by atoms with Crippen LogP contribution < -0.4 is 4.72 Å². The first-order valence-electron chi connectivity index (χ1n) is 7.76. The number of rotatable bonds is 5. The standard InChI is InChI=1S/C15H21N5O2S/c1-13-16-7-10-20(13)15-11-14(5-6-17-15)12-18-23(21,22)19-8-3-2-4-9-19/h5-7,10-11,18H,2-4,8-9,12H2,1H3. The molecule has 0 bridgehead atoms. The van der Waals surface area contributed by atoms with Gasteiger partial charge in [-0.3, -0.25) is 4.57 Å². The Labute approximate surface area is 136 Å². The smallest absolute Gasteiger partial charge is 0.279 e. The van der Waals surface area contributed by atoms with E-state index in [1.54, 1.807) is 12.4 Å². The fourth-order valence-corrected chi connectivity index (χ4v) is 3.96. The molecule has 2 aromatic rings. The number of hydrogen-bond donors (Lipinski definition) is 1. The zero-order chi connectivity index (χ0) is 16.3. The highest BCUT2D eigenvalue weighted by Gasteiger charge is 2.23. The zero-order valence-corrected chi connectivity index (χ0v) is 14.0. The van der Waals surface area contributed by atoms with Gasteiger partial charge in [-0.25, -0.2) is 9.97 Å². The average molecular weight is 335 g/mol. The lowest BCUT2D eigenvalue weighted by Gasteiger charge is -2.25. The van der Waals surface area contributed by atoms with Crippen LogP contribution in [0.15, 0.2) is 30.7 Å². The maximum Gasteiger partial charge on any atom is 0.279 e. The monoisotopic (exact) mass is 335 g/mol. The minimum absolute atomic E-state index is 0.252. The second kappa shape index (κ2) is 6.77. The third kappa shape index (κ3) is 3.77. The van der Waals surface area contributed by atoms with Crippen molar-refractivity contribution in [1.82, 2.24) is 23.6 Å². The summed E-state index contributed by atoms with van der Waals surface area (Å²) in [5, 5.41) is 0. The van der Waals surface area contributed by atoms with Crippen molar-refractivity contribution in [3.8, 4) is 5.82 Å². The summed E-state index contributed by atoms with van der Waals surface area (Å²) >= 11 is 0. The van der Waals surface area contributed by atoms with Crippen molar-refractivity contribution >= 4 is 10.2 Å². The third-order valence-electron chi connectivity index (χ3n) is 4.00. The largest absolute Gasteiger partial charge is 0.288 e. The lowest BCUT2D eigenvalue weighted by atomic mass is 10.2.